The van der Waals surface area contributed by atoms with Gasteiger partial charge < -0.3 is 10.1 Å². The first-order valence-corrected chi connectivity index (χ1v) is 10.8. The number of carbonyl (C=O) groups excluding carboxylic acids is 1. The minimum atomic E-state index is -3.38. The third-order valence-electron chi connectivity index (χ3n) is 3.48. The van der Waals surface area contributed by atoms with Crippen LogP contribution in [0.15, 0.2) is 66.0 Å². The molecule has 1 aromatic heterocycles. The Labute approximate surface area is 161 Å². The molecular formula is C19H18N2O4S2. The van der Waals surface area contributed by atoms with Gasteiger partial charge in [-0.2, -0.15) is 0 Å². The van der Waals surface area contributed by atoms with Crippen molar-refractivity contribution < 1.29 is 17.9 Å². The molecule has 6 nitrogen and oxygen atoms in total. The fourth-order valence-corrected chi connectivity index (χ4v) is 3.53. The van der Waals surface area contributed by atoms with E-state index in [4.69, 9.17) is 4.74 Å². The van der Waals surface area contributed by atoms with Crippen LogP contribution in [0, 0.1) is 0 Å². The van der Waals surface area contributed by atoms with Crippen LogP contribution in [0.5, 0.6) is 5.75 Å². The number of rotatable bonds is 7. The maximum Gasteiger partial charge on any atom is 0.255 e. The molecule has 0 radical (unpaired) electrons. The predicted octanol–water partition coefficient (Wildman–Crippen LogP) is 3.95. The van der Waals surface area contributed by atoms with Gasteiger partial charge in [-0.15, -0.1) is 11.3 Å². The summed E-state index contributed by atoms with van der Waals surface area (Å²) in [6, 6.07) is 17.3. The summed E-state index contributed by atoms with van der Waals surface area (Å²) in [7, 11) is -3.38. The molecule has 27 heavy (non-hydrogen) atoms. The molecule has 0 bridgehead atoms. The van der Waals surface area contributed by atoms with Crippen molar-refractivity contribution in [1.82, 2.24) is 0 Å². The lowest BCUT2D eigenvalue weighted by molar-refractivity contribution is 0.102. The fourth-order valence-electron chi connectivity index (χ4n) is 2.35. The Morgan fingerprint density at radius 1 is 1.04 bits per heavy atom. The highest BCUT2D eigenvalue weighted by Crippen LogP contribution is 2.20. The van der Waals surface area contributed by atoms with E-state index in [1.165, 1.54) is 0 Å². The van der Waals surface area contributed by atoms with Gasteiger partial charge in [-0.05, 0) is 47.8 Å². The van der Waals surface area contributed by atoms with E-state index in [9.17, 15) is 13.2 Å². The number of nitrogens with one attached hydrogen (secondary N) is 2. The molecule has 0 saturated heterocycles. The van der Waals surface area contributed by atoms with Crippen LogP contribution in [0.4, 0.5) is 11.4 Å². The van der Waals surface area contributed by atoms with Gasteiger partial charge >= 0.3 is 0 Å². The summed E-state index contributed by atoms with van der Waals surface area (Å²) in [6.45, 7) is 0.446. The fraction of sp³-hybridized carbons (Fsp3) is 0.105. The van der Waals surface area contributed by atoms with Gasteiger partial charge in [-0.25, -0.2) is 8.42 Å². The zero-order chi connectivity index (χ0) is 19.3. The molecular weight excluding hydrogens is 384 g/mol. The molecule has 1 heterocycles. The van der Waals surface area contributed by atoms with Crippen molar-refractivity contribution in [3.05, 3.63) is 76.5 Å². The second-order valence-corrected chi connectivity index (χ2v) is 8.59. The van der Waals surface area contributed by atoms with E-state index < -0.39 is 10.0 Å². The third kappa shape index (κ3) is 5.83. The summed E-state index contributed by atoms with van der Waals surface area (Å²) >= 11 is 1.61. The minimum absolute atomic E-state index is 0.312. The van der Waals surface area contributed by atoms with Gasteiger partial charge in [-0.3, -0.25) is 9.52 Å². The van der Waals surface area contributed by atoms with Gasteiger partial charge in [0.1, 0.15) is 12.4 Å². The van der Waals surface area contributed by atoms with Crippen molar-refractivity contribution in [2.75, 3.05) is 16.3 Å². The highest BCUT2D eigenvalue weighted by molar-refractivity contribution is 7.92. The van der Waals surface area contributed by atoms with E-state index in [1.807, 2.05) is 17.5 Å². The minimum Gasteiger partial charge on any atom is -0.488 e. The Morgan fingerprint density at radius 3 is 2.56 bits per heavy atom. The van der Waals surface area contributed by atoms with Crippen molar-refractivity contribution in [3.63, 3.8) is 0 Å². The normalized spacial score (nSPS) is 11.0. The molecule has 1 amide bonds. The van der Waals surface area contributed by atoms with Crippen molar-refractivity contribution >= 4 is 38.6 Å². The van der Waals surface area contributed by atoms with Gasteiger partial charge in [0.2, 0.25) is 10.0 Å². The smallest absolute Gasteiger partial charge is 0.255 e. The quantitative estimate of drug-likeness (QED) is 0.627. The number of thiophene rings is 1. The molecule has 0 atom stereocenters. The van der Waals surface area contributed by atoms with E-state index in [0.717, 1.165) is 11.1 Å². The Morgan fingerprint density at radius 2 is 1.81 bits per heavy atom. The molecule has 0 saturated carbocycles. The van der Waals surface area contributed by atoms with Crippen LogP contribution in [0.2, 0.25) is 0 Å². The summed E-state index contributed by atoms with van der Waals surface area (Å²) in [5.74, 6) is 0.289. The number of carbonyl (C=O) groups is 1. The van der Waals surface area contributed by atoms with Crippen molar-refractivity contribution in [3.8, 4) is 5.75 Å². The Hall–Kier alpha value is -2.84. The summed E-state index contributed by atoms with van der Waals surface area (Å²) in [5, 5.41) is 4.74. The average molecular weight is 402 g/mol. The lowest BCUT2D eigenvalue weighted by atomic mass is 10.2. The lowest BCUT2D eigenvalue weighted by Crippen LogP contribution is -2.13. The maximum atomic E-state index is 12.5. The van der Waals surface area contributed by atoms with Gasteiger partial charge in [0.25, 0.3) is 5.91 Å². The first-order valence-electron chi connectivity index (χ1n) is 8.03. The highest BCUT2D eigenvalue weighted by atomic mass is 32.2. The molecule has 2 N–H and O–H groups in total. The predicted molar refractivity (Wildman–Crippen MR) is 108 cm³/mol. The Bertz CT molecular complexity index is 1030. The third-order valence-corrected chi connectivity index (χ3v) is 4.94. The van der Waals surface area contributed by atoms with Gasteiger partial charge in [0.15, 0.2) is 0 Å². The molecule has 0 aliphatic carbocycles. The standard InChI is InChI=1S/C19H18N2O4S2/c1-27(23,24)21-16-7-3-6-15(12-16)20-19(22)14-5-2-8-17(11-14)25-13-18-9-4-10-26-18/h2-12,21H,13H2,1H3,(H,20,22). The van der Waals surface area contributed by atoms with Crippen LogP contribution in [0.3, 0.4) is 0 Å². The number of hydrogen-bond acceptors (Lipinski definition) is 5. The SMILES string of the molecule is CS(=O)(=O)Nc1cccc(NC(=O)c2cccc(OCc3cccs3)c2)c1. The highest BCUT2D eigenvalue weighted by Gasteiger charge is 2.09. The summed E-state index contributed by atoms with van der Waals surface area (Å²) in [5.41, 5.74) is 1.31. The molecule has 8 heteroatoms. The van der Waals surface area contributed by atoms with Crippen LogP contribution in [-0.4, -0.2) is 20.6 Å². The molecule has 140 valence electrons. The van der Waals surface area contributed by atoms with Gasteiger partial charge in [-0.1, -0.05) is 18.2 Å². The van der Waals surface area contributed by atoms with E-state index >= 15 is 0 Å². The second-order valence-electron chi connectivity index (χ2n) is 5.81. The van der Waals surface area contributed by atoms with Crippen LogP contribution in [0.25, 0.3) is 0 Å². The van der Waals surface area contributed by atoms with Gasteiger partial charge in [0.05, 0.1) is 11.9 Å². The number of hydrogen-bond donors (Lipinski definition) is 2. The first-order chi connectivity index (χ1) is 12.9. The average Bonchev–Trinajstić information content (AvgIpc) is 3.12. The zero-order valence-corrected chi connectivity index (χ0v) is 16.1. The molecule has 0 aliphatic rings. The number of anilines is 2. The molecule has 0 unspecified atom stereocenters. The number of sulfonamides is 1. The van der Waals surface area contributed by atoms with Crippen LogP contribution in [0.1, 0.15) is 15.2 Å². The first kappa shape index (κ1) is 18.9. The summed E-state index contributed by atoms with van der Waals surface area (Å²) in [4.78, 5) is 13.6. The van der Waals surface area contributed by atoms with E-state index in [0.29, 0.717) is 29.3 Å². The Kier molecular flexibility index (Phi) is 5.78. The molecule has 0 aliphatic heterocycles. The van der Waals surface area contributed by atoms with Crippen LogP contribution in [-0.2, 0) is 16.6 Å². The monoisotopic (exact) mass is 402 g/mol. The summed E-state index contributed by atoms with van der Waals surface area (Å²) in [6.07, 6.45) is 1.07. The van der Waals surface area contributed by atoms with Crippen molar-refractivity contribution in [2.45, 2.75) is 6.61 Å². The second kappa shape index (κ2) is 8.24. The molecule has 2 aromatic carbocycles. The van der Waals surface area contributed by atoms with E-state index in [1.54, 1.807) is 59.9 Å². The maximum absolute atomic E-state index is 12.5. The van der Waals surface area contributed by atoms with E-state index in [2.05, 4.69) is 10.0 Å². The number of amides is 1. The topological polar surface area (TPSA) is 84.5 Å². The largest absolute Gasteiger partial charge is 0.488 e. The molecule has 0 fully saturated rings. The van der Waals surface area contributed by atoms with Crippen LogP contribution >= 0.6 is 11.3 Å². The van der Waals surface area contributed by atoms with E-state index in [-0.39, 0.29) is 5.91 Å². The van der Waals surface area contributed by atoms with Crippen molar-refractivity contribution in [1.29, 1.82) is 0 Å². The molecule has 3 aromatic rings. The van der Waals surface area contributed by atoms with Crippen molar-refractivity contribution in [2.24, 2.45) is 0 Å². The summed E-state index contributed by atoms with van der Waals surface area (Å²) < 4.78 is 30.8. The Balaban J connectivity index is 1.67. The zero-order valence-electron chi connectivity index (χ0n) is 14.5. The number of benzene rings is 2. The molecule has 3 rings (SSSR count). The number of ether oxygens (including phenoxy) is 1. The van der Waals surface area contributed by atoms with Gasteiger partial charge in [0, 0.05) is 16.1 Å². The lowest BCUT2D eigenvalue weighted by Gasteiger charge is -2.10. The van der Waals surface area contributed by atoms with Crippen LogP contribution < -0.4 is 14.8 Å². The molecule has 0 spiro atoms.